The van der Waals surface area contributed by atoms with Gasteiger partial charge in [-0.2, -0.15) is 0 Å². The molecular formula is C20H20Cl2N2O4S. The van der Waals surface area contributed by atoms with E-state index in [2.05, 4.69) is 10.0 Å². The molecular weight excluding hydrogens is 435 g/mol. The lowest BCUT2D eigenvalue weighted by molar-refractivity contribution is -0.110. The van der Waals surface area contributed by atoms with Crippen molar-refractivity contribution in [1.82, 2.24) is 4.72 Å². The summed E-state index contributed by atoms with van der Waals surface area (Å²) in [6.07, 6.45) is 1.61. The maximum absolute atomic E-state index is 12.4. The average molecular weight is 455 g/mol. The molecule has 29 heavy (non-hydrogen) atoms. The Kier molecular flexibility index (Phi) is 5.96. The van der Waals surface area contributed by atoms with Crippen molar-refractivity contribution < 1.29 is 17.9 Å². The number of carbonyl (C=O) groups is 1. The molecule has 0 saturated carbocycles. The van der Waals surface area contributed by atoms with Gasteiger partial charge in [-0.05, 0) is 57.2 Å². The van der Waals surface area contributed by atoms with E-state index in [-0.39, 0.29) is 11.7 Å². The minimum atomic E-state index is -3.68. The smallest absolute Gasteiger partial charge is 0.256 e. The molecule has 1 aliphatic heterocycles. The van der Waals surface area contributed by atoms with E-state index in [4.69, 9.17) is 27.9 Å². The molecule has 154 valence electrons. The molecule has 0 aromatic heterocycles. The summed E-state index contributed by atoms with van der Waals surface area (Å²) in [6.45, 7) is 5.22. The summed E-state index contributed by atoms with van der Waals surface area (Å²) in [4.78, 5) is 12.4. The van der Waals surface area contributed by atoms with Crippen LogP contribution in [0.1, 0.15) is 31.9 Å². The lowest BCUT2D eigenvalue weighted by Crippen LogP contribution is -2.42. The van der Waals surface area contributed by atoms with Crippen LogP contribution >= 0.6 is 23.2 Å². The fourth-order valence-electron chi connectivity index (χ4n) is 2.87. The van der Waals surface area contributed by atoms with Crippen LogP contribution in [0.5, 0.6) is 5.75 Å². The van der Waals surface area contributed by atoms with Gasteiger partial charge in [0.15, 0.2) is 0 Å². The van der Waals surface area contributed by atoms with Crippen LogP contribution in [-0.4, -0.2) is 25.8 Å². The summed E-state index contributed by atoms with van der Waals surface area (Å²) in [5.74, 6) is -0.577. The molecule has 0 fully saturated rings. The van der Waals surface area contributed by atoms with Crippen LogP contribution < -0.4 is 14.8 Å². The van der Waals surface area contributed by atoms with E-state index in [9.17, 15) is 13.2 Å². The first-order valence-electron chi connectivity index (χ1n) is 8.70. The van der Waals surface area contributed by atoms with E-state index in [0.717, 1.165) is 0 Å². The summed E-state index contributed by atoms with van der Waals surface area (Å²) in [5.41, 5.74) is 1.55. The fraction of sp³-hybridized carbons (Fsp3) is 0.250. The molecule has 0 atom stereocenters. The number of ether oxygens (including phenoxy) is 1. The van der Waals surface area contributed by atoms with Crippen molar-refractivity contribution in [3.05, 3.63) is 57.6 Å². The molecule has 1 aliphatic rings. The molecule has 6 nitrogen and oxygen atoms in total. The van der Waals surface area contributed by atoms with Crippen molar-refractivity contribution in [2.75, 3.05) is 11.3 Å². The summed E-state index contributed by atoms with van der Waals surface area (Å²) in [6, 6.07) is 9.85. The molecule has 0 unspecified atom stereocenters. The Labute approximate surface area is 179 Å². The molecule has 1 heterocycles. The molecule has 9 heteroatoms. The molecule has 3 rings (SSSR count). The van der Waals surface area contributed by atoms with Crippen LogP contribution in [0.3, 0.4) is 0 Å². The van der Waals surface area contributed by atoms with Gasteiger partial charge in [0.05, 0.1) is 5.69 Å². The van der Waals surface area contributed by atoms with Crippen LogP contribution in [0.25, 0.3) is 11.6 Å². The minimum absolute atomic E-state index is 0.288. The second-order valence-electron chi connectivity index (χ2n) is 7.61. The normalized spacial score (nSPS) is 15.3. The van der Waals surface area contributed by atoms with Crippen molar-refractivity contribution in [3.63, 3.8) is 0 Å². The third-order valence-electron chi connectivity index (χ3n) is 3.87. The molecule has 2 N–H and O–H groups in total. The number of halogens is 2. The highest BCUT2D eigenvalue weighted by molar-refractivity contribution is 7.89. The van der Waals surface area contributed by atoms with E-state index in [1.807, 2.05) is 0 Å². The highest BCUT2D eigenvalue weighted by Crippen LogP contribution is 2.36. The molecule has 0 spiro atoms. The maximum Gasteiger partial charge on any atom is 0.256 e. The second-order valence-corrected chi connectivity index (χ2v) is 10.2. The van der Waals surface area contributed by atoms with Gasteiger partial charge >= 0.3 is 0 Å². The highest BCUT2D eigenvalue weighted by Gasteiger charge is 2.25. The van der Waals surface area contributed by atoms with Gasteiger partial charge in [0.2, 0.25) is 16.0 Å². The van der Waals surface area contributed by atoms with E-state index >= 15 is 0 Å². The number of nitrogens with one attached hydrogen (secondary N) is 2. The Bertz CT molecular complexity index is 1110. The van der Waals surface area contributed by atoms with Crippen molar-refractivity contribution in [2.24, 2.45) is 0 Å². The molecule has 0 bridgehead atoms. The van der Waals surface area contributed by atoms with Crippen molar-refractivity contribution >= 4 is 56.5 Å². The van der Waals surface area contributed by atoms with E-state index in [1.165, 1.54) is 0 Å². The van der Waals surface area contributed by atoms with Gasteiger partial charge in [-0.25, -0.2) is 13.1 Å². The van der Waals surface area contributed by atoms with Gasteiger partial charge in [-0.15, -0.1) is 0 Å². The second kappa shape index (κ2) is 7.99. The van der Waals surface area contributed by atoms with Gasteiger partial charge in [-0.1, -0.05) is 29.3 Å². The van der Waals surface area contributed by atoms with Crippen LogP contribution in [0.2, 0.25) is 10.0 Å². The zero-order valence-electron chi connectivity index (χ0n) is 16.0. The first-order chi connectivity index (χ1) is 13.4. The van der Waals surface area contributed by atoms with Crippen LogP contribution in [0.15, 0.2) is 36.4 Å². The number of hydrogen-bond donors (Lipinski definition) is 2. The van der Waals surface area contributed by atoms with Gasteiger partial charge < -0.3 is 10.1 Å². The Balaban J connectivity index is 1.93. The van der Waals surface area contributed by atoms with Crippen molar-refractivity contribution in [1.29, 1.82) is 0 Å². The summed E-state index contributed by atoms with van der Waals surface area (Å²) in [5, 5.41) is 3.69. The quantitative estimate of drug-likeness (QED) is 0.649. The number of fused-ring (bicyclic) bond motifs is 1. The van der Waals surface area contributed by atoms with Crippen molar-refractivity contribution in [2.45, 2.75) is 26.3 Å². The van der Waals surface area contributed by atoms with Gasteiger partial charge in [0, 0.05) is 32.3 Å². The number of carbonyl (C=O) groups excluding carboxylic acids is 1. The maximum atomic E-state index is 12.4. The van der Waals surface area contributed by atoms with Crippen LogP contribution in [0, 0.1) is 0 Å². The van der Waals surface area contributed by atoms with Gasteiger partial charge in [0.25, 0.3) is 5.91 Å². The monoisotopic (exact) mass is 454 g/mol. The van der Waals surface area contributed by atoms with E-state index in [0.29, 0.717) is 32.4 Å². The Morgan fingerprint density at radius 3 is 2.45 bits per heavy atom. The first kappa shape index (κ1) is 21.6. The Morgan fingerprint density at radius 1 is 1.10 bits per heavy atom. The number of benzene rings is 2. The van der Waals surface area contributed by atoms with Crippen molar-refractivity contribution in [3.8, 4) is 5.75 Å². The molecule has 1 amide bonds. The average Bonchev–Trinajstić information content (AvgIpc) is 2.86. The number of amides is 1. The fourth-order valence-corrected chi connectivity index (χ4v) is 4.49. The van der Waals surface area contributed by atoms with E-state index in [1.54, 1.807) is 63.2 Å². The van der Waals surface area contributed by atoms with E-state index < -0.39 is 21.5 Å². The third kappa shape index (κ3) is 5.51. The molecule has 0 aliphatic carbocycles. The molecule has 0 saturated heterocycles. The minimum Gasteiger partial charge on any atom is -0.476 e. The number of rotatable bonds is 5. The number of sulfonamides is 1. The topological polar surface area (TPSA) is 84.5 Å². The Hall–Kier alpha value is -2.06. The molecule has 0 radical (unpaired) electrons. The zero-order chi connectivity index (χ0) is 21.4. The number of anilines is 1. The Morgan fingerprint density at radius 2 is 1.76 bits per heavy atom. The summed E-state index contributed by atoms with van der Waals surface area (Å²) < 4.78 is 32.5. The zero-order valence-corrected chi connectivity index (χ0v) is 18.4. The van der Waals surface area contributed by atoms with Gasteiger partial charge in [0.1, 0.15) is 5.75 Å². The standard InChI is InChI=1S/C20H20Cl2N2O4S/c1-20(2,3)24-29(26,27)11-28-18-7-5-13(21)8-12(18)9-16-15-6-4-14(22)10-17(15)23-19(16)25/h4-10,24H,11H2,1-3H3,(H,23,25). The largest absolute Gasteiger partial charge is 0.476 e. The lowest BCUT2D eigenvalue weighted by atomic mass is 10.0. The van der Waals surface area contributed by atoms with Gasteiger partial charge in [-0.3, -0.25) is 4.79 Å². The highest BCUT2D eigenvalue weighted by atomic mass is 35.5. The SMILES string of the molecule is CC(C)(C)NS(=O)(=O)COc1ccc(Cl)cc1C=C1C(=O)Nc2cc(Cl)ccc21. The lowest BCUT2D eigenvalue weighted by Gasteiger charge is -2.20. The summed E-state index contributed by atoms with van der Waals surface area (Å²) in [7, 11) is -3.68. The first-order valence-corrected chi connectivity index (χ1v) is 11.1. The molecule has 2 aromatic rings. The third-order valence-corrected chi connectivity index (χ3v) is 5.69. The predicted octanol–water partition coefficient (Wildman–Crippen LogP) is 4.54. The predicted molar refractivity (Wildman–Crippen MR) is 117 cm³/mol. The molecule has 2 aromatic carbocycles. The van der Waals surface area contributed by atoms with Crippen LogP contribution in [0.4, 0.5) is 5.69 Å². The number of hydrogen-bond acceptors (Lipinski definition) is 4. The van der Waals surface area contributed by atoms with Crippen LogP contribution in [-0.2, 0) is 14.8 Å². The summed E-state index contributed by atoms with van der Waals surface area (Å²) >= 11 is 12.1.